The van der Waals surface area contributed by atoms with Crippen LogP contribution in [0.1, 0.15) is 29.6 Å². The van der Waals surface area contributed by atoms with E-state index < -0.39 is 0 Å². The summed E-state index contributed by atoms with van der Waals surface area (Å²) in [6.45, 7) is 0. The number of pyridine rings is 1. The summed E-state index contributed by atoms with van der Waals surface area (Å²) in [4.78, 5) is 15.7. The van der Waals surface area contributed by atoms with Crippen LogP contribution in [-0.2, 0) is 0 Å². The van der Waals surface area contributed by atoms with Gasteiger partial charge in [0.1, 0.15) is 0 Å². The first-order chi connectivity index (χ1) is 6.27. The van der Waals surface area contributed by atoms with Crippen molar-refractivity contribution in [3.63, 3.8) is 0 Å². The van der Waals surface area contributed by atoms with E-state index in [-0.39, 0.29) is 11.7 Å². The maximum Gasteiger partial charge on any atom is 0.167 e. The number of carbonyl (C=O) groups is 1. The summed E-state index contributed by atoms with van der Waals surface area (Å²) in [5.41, 5.74) is 0.735. The molecule has 0 unspecified atom stereocenters. The molecular formula is C10H10BrNO. The van der Waals surface area contributed by atoms with Crippen molar-refractivity contribution in [2.75, 3.05) is 0 Å². The Morgan fingerprint density at radius 1 is 1.46 bits per heavy atom. The molecule has 13 heavy (non-hydrogen) atoms. The monoisotopic (exact) mass is 239 g/mol. The molecule has 0 radical (unpaired) electrons. The van der Waals surface area contributed by atoms with Crippen LogP contribution in [0.15, 0.2) is 22.9 Å². The number of aromatic nitrogens is 1. The summed E-state index contributed by atoms with van der Waals surface area (Å²) in [5.74, 6) is 0.510. The summed E-state index contributed by atoms with van der Waals surface area (Å²) in [5, 5.41) is 0. The lowest BCUT2D eigenvalue weighted by atomic mass is 9.80. The highest BCUT2D eigenvalue weighted by molar-refractivity contribution is 9.10. The van der Waals surface area contributed by atoms with Gasteiger partial charge in [-0.1, -0.05) is 6.42 Å². The summed E-state index contributed by atoms with van der Waals surface area (Å²) in [6.07, 6.45) is 6.62. The summed E-state index contributed by atoms with van der Waals surface area (Å²) < 4.78 is 0.873. The zero-order valence-electron chi connectivity index (χ0n) is 7.16. The van der Waals surface area contributed by atoms with Crippen molar-refractivity contribution in [2.24, 2.45) is 5.92 Å². The second kappa shape index (κ2) is 3.58. The standard InChI is InChI=1S/C10H10BrNO/c11-9-4-8(5-12-6-9)10(13)7-2-1-3-7/h4-7H,1-3H2. The van der Waals surface area contributed by atoms with E-state index in [9.17, 15) is 4.79 Å². The molecule has 0 spiro atoms. The molecule has 1 heterocycles. The first-order valence-electron chi connectivity index (χ1n) is 4.42. The normalized spacial score (nSPS) is 16.7. The SMILES string of the molecule is O=C(c1cncc(Br)c1)C1CCC1. The number of nitrogens with zero attached hydrogens (tertiary/aromatic N) is 1. The maximum atomic E-state index is 11.7. The van der Waals surface area contributed by atoms with Gasteiger partial charge in [-0.3, -0.25) is 9.78 Å². The molecule has 0 N–H and O–H groups in total. The van der Waals surface area contributed by atoms with Crippen molar-refractivity contribution in [2.45, 2.75) is 19.3 Å². The van der Waals surface area contributed by atoms with Gasteiger partial charge >= 0.3 is 0 Å². The Morgan fingerprint density at radius 2 is 2.23 bits per heavy atom. The predicted octanol–water partition coefficient (Wildman–Crippen LogP) is 2.83. The van der Waals surface area contributed by atoms with E-state index in [1.807, 2.05) is 6.07 Å². The fraction of sp³-hybridized carbons (Fsp3) is 0.400. The Bertz CT molecular complexity index is 333. The first-order valence-corrected chi connectivity index (χ1v) is 5.21. The van der Waals surface area contributed by atoms with E-state index in [2.05, 4.69) is 20.9 Å². The van der Waals surface area contributed by atoms with E-state index >= 15 is 0 Å². The van der Waals surface area contributed by atoms with Crippen molar-refractivity contribution in [3.05, 3.63) is 28.5 Å². The van der Waals surface area contributed by atoms with Crippen molar-refractivity contribution in [1.29, 1.82) is 0 Å². The highest BCUT2D eigenvalue weighted by Gasteiger charge is 2.26. The van der Waals surface area contributed by atoms with Crippen molar-refractivity contribution >= 4 is 21.7 Å². The van der Waals surface area contributed by atoms with E-state index in [1.54, 1.807) is 12.4 Å². The highest BCUT2D eigenvalue weighted by atomic mass is 79.9. The van der Waals surface area contributed by atoms with Gasteiger partial charge in [-0.2, -0.15) is 0 Å². The van der Waals surface area contributed by atoms with Gasteiger partial charge in [0.2, 0.25) is 0 Å². The maximum absolute atomic E-state index is 11.7. The van der Waals surface area contributed by atoms with Crippen molar-refractivity contribution in [1.82, 2.24) is 4.98 Å². The van der Waals surface area contributed by atoms with Gasteiger partial charge in [0.15, 0.2) is 5.78 Å². The topological polar surface area (TPSA) is 30.0 Å². The Hall–Kier alpha value is -0.700. The Kier molecular flexibility index (Phi) is 2.44. The molecule has 0 aromatic carbocycles. The van der Waals surface area contributed by atoms with Gasteiger partial charge < -0.3 is 0 Å². The number of ketones is 1. The molecule has 3 heteroatoms. The molecule has 1 aliphatic carbocycles. The Labute approximate surface area is 85.5 Å². The number of hydrogen-bond acceptors (Lipinski definition) is 2. The predicted molar refractivity (Wildman–Crippen MR) is 53.6 cm³/mol. The first kappa shape index (κ1) is 8.88. The molecule has 0 amide bonds. The van der Waals surface area contributed by atoms with Gasteiger partial charge in [0.25, 0.3) is 0 Å². The largest absolute Gasteiger partial charge is 0.294 e. The second-order valence-electron chi connectivity index (χ2n) is 3.38. The number of rotatable bonds is 2. The number of halogens is 1. The molecule has 1 fully saturated rings. The van der Waals surface area contributed by atoms with Crippen LogP contribution in [0.5, 0.6) is 0 Å². The number of carbonyl (C=O) groups excluding carboxylic acids is 1. The molecule has 2 rings (SSSR count). The third kappa shape index (κ3) is 1.80. The van der Waals surface area contributed by atoms with Gasteiger partial charge in [0, 0.05) is 28.3 Å². The van der Waals surface area contributed by atoms with Gasteiger partial charge in [-0.05, 0) is 34.8 Å². The van der Waals surface area contributed by atoms with E-state index in [1.165, 1.54) is 6.42 Å². The van der Waals surface area contributed by atoms with Crippen LogP contribution in [0.2, 0.25) is 0 Å². The van der Waals surface area contributed by atoms with Gasteiger partial charge in [0.05, 0.1) is 0 Å². The average Bonchev–Trinajstić information content (AvgIpc) is 2.01. The highest BCUT2D eigenvalue weighted by Crippen LogP contribution is 2.29. The van der Waals surface area contributed by atoms with Gasteiger partial charge in [-0.15, -0.1) is 0 Å². The van der Waals surface area contributed by atoms with E-state index in [0.29, 0.717) is 0 Å². The number of Topliss-reactive ketones (excluding diaryl/α,β-unsaturated/α-hetero) is 1. The molecule has 68 valence electrons. The third-order valence-electron chi connectivity index (χ3n) is 2.47. The minimum Gasteiger partial charge on any atom is -0.294 e. The van der Waals surface area contributed by atoms with Crippen LogP contribution < -0.4 is 0 Å². The molecule has 0 bridgehead atoms. The van der Waals surface area contributed by atoms with Crippen LogP contribution >= 0.6 is 15.9 Å². The summed E-state index contributed by atoms with van der Waals surface area (Å²) >= 11 is 3.30. The van der Waals surface area contributed by atoms with Crippen LogP contribution in [0.4, 0.5) is 0 Å². The van der Waals surface area contributed by atoms with Crippen molar-refractivity contribution in [3.8, 4) is 0 Å². The fourth-order valence-electron chi connectivity index (χ4n) is 1.45. The Morgan fingerprint density at radius 3 is 2.77 bits per heavy atom. The van der Waals surface area contributed by atoms with Crippen LogP contribution in [0.3, 0.4) is 0 Å². The van der Waals surface area contributed by atoms with Crippen LogP contribution in [0.25, 0.3) is 0 Å². The molecule has 1 saturated carbocycles. The van der Waals surface area contributed by atoms with Crippen LogP contribution in [0, 0.1) is 5.92 Å². The molecule has 0 aliphatic heterocycles. The quantitative estimate of drug-likeness (QED) is 0.744. The minimum absolute atomic E-state index is 0.250. The van der Waals surface area contributed by atoms with E-state index in [4.69, 9.17) is 0 Å². The molecule has 2 nitrogen and oxygen atoms in total. The van der Waals surface area contributed by atoms with Crippen molar-refractivity contribution < 1.29 is 4.79 Å². The summed E-state index contributed by atoms with van der Waals surface area (Å²) in [6, 6.07) is 1.84. The van der Waals surface area contributed by atoms with Crippen LogP contribution in [-0.4, -0.2) is 10.8 Å². The second-order valence-corrected chi connectivity index (χ2v) is 4.30. The fourth-order valence-corrected chi connectivity index (χ4v) is 1.82. The smallest absolute Gasteiger partial charge is 0.167 e. The molecule has 1 aromatic heterocycles. The zero-order chi connectivity index (χ0) is 9.26. The molecular weight excluding hydrogens is 230 g/mol. The average molecular weight is 240 g/mol. The van der Waals surface area contributed by atoms with Gasteiger partial charge in [-0.25, -0.2) is 0 Å². The molecule has 0 atom stereocenters. The zero-order valence-corrected chi connectivity index (χ0v) is 8.75. The number of hydrogen-bond donors (Lipinski definition) is 0. The third-order valence-corrected chi connectivity index (χ3v) is 2.90. The lowest BCUT2D eigenvalue weighted by Gasteiger charge is -2.23. The minimum atomic E-state index is 0.250. The molecule has 1 aliphatic rings. The van der Waals surface area contributed by atoms with E-state index in [0.717, 1.165) is 22.9 Å². The lowest BCUT2D eigenvalue weighted by molar-refractivity contribution is 0.0855. The lowest BCUT2D eigenvalue weighted by Crippen LogP contribution is -2.21. The molecule has 1 aromatic rings. The Balaban J connectivity index is 2.19. The summed E-state index contributed by atoms with van der Waals surface area (Å²) in [7, 11) is 0. The molecule has 0 saturated heterocycles.